The first-order valence-corrected chi connectivity index (χ1v) is 7.95. The molecule has 0 aliphatic heterocycles. The molecule has 3 rings (SSSR count). The molecule has 0 saturated carbocycles. The first-order valence-electron chi connectivity index (χ1n) is 7.15. The normalized spacial score (nSPS) is 10.6. The van der Waals surface area contributed by atoms with Crippen molar-refractivity contribution in [3.8, 4) is 22.8 Å². The zero-order valence-corrected chi connectivity index (χ0v) is 13.8. The zero-order chi connectivity index (χ0) is 15.4. The van der Waals surface area contributed by atoms with Crippen LogP contribution in [0.2, 0.25) is 0 Å². The Bertz CT molecular complexity index is 737. The molecule has 22 heavy (non-hydrogen) atoms. The monoisotopic (exact) mass is 354 g/mol. The van der Waals surface area contributed by atoms with Crippen molar-refractivity contribution in [3.63, 3.8) is 0 Å². The molecule has 5 heteroatoms. The molecule has 0 spiro atoms. The first kappa shape index (κ1) is 14.8. The SMILES string of the molecule is CCCc1cnc(-c2cnc(-c3ccc(Br)cc3)nc2)nc1. The Hall–Kier alpha value is -2.14. The summed E-state index contributed by atoms with van der Waals surface area (Å²) in [6.07, 6.45) is 9.36. The Morgan fingerprint density at radius 3 is 1.91 bits per heavy atom. The molecule has 2 heterocycles. The molecule has 0 aliphatic carbocycles. The molecule has 0 unspecified atom stereocenters. The van der Waals surface area contributed by atoms with Crippen LogP contribution < -0.4 is 0 Å². The van der Waals surface area contributed by atoms with Gasteiger partial charge in [0.05, 0.1) is 5.56 Å². The average molecular weight is 355 g/mol. The standard InChI is InChI=1S/C17H15BrN4/c1-2-3-12-8-19-17(20-9-12)14-10-21-16(22-11-14)13-4-6-15(18)7-5-13/h4-11H,2-3H2,1H3. The van der Waals surface area contributed by atoms with Crippen molar-refractivity contribution in [3.05, 3.63) is 59.1 Å². The molecule has 0 amide bonds. The molecular formula is C17H15BrN4. The van der Waals surface area contributed by atoms with Gasteiger partial charge in [-0.1, -0.05) is 41.4 Å². The summed E-state index contributed by atoms with van der Waals surface area (Å²) in [5, 5.41) is 0. The van der Waals surface area contributed by atoms with Gasteiger partial charge in [0.15, 0.2) is 11.6 Å². The van der Waals surface area contributed by atoms with Crippen LogP contribution in [-0.2, 0) is 6.42 Å². The Morgan fingerprint density at radius 2 is 1.32 bits per heavy atom. The number of hydrogen-bond donors (Lipinski definition) is 0. The Labute approximate surface area is 137 Å². The molecule has 3 aromatic rings. The molecule has 0 bridgehead atoms. The van der Waals surface area contributed by atoms with E-state index in [0.29, 0.717) is 11.6 Å². The Balaban J connectivity index is 1.83. The third-order valence-corrected chi connectivity index (χ3v) is 3.79. The molecule has 110 valence electrons. The van der Waals surface area contributed by atoms with E-state index in [1.54, 1.807) is 12.4 Å². The number of nitrogens with zero attached hydrogens (tertiary/aromatic N) is 4. The van der Waals surface area contributed by atoms with Crippen molar-refractivity contribution in [1.29, 1.82) is 0 Å². The van der Waals surface area contributed by atoms with E-state index in [0.717, 1.165) is 34.0 Å². The van der Waals surface area contributed by atoms with Gasteiger partial charge in [-0.3, -0.25) is 0 Å². The summed E-state index contributed by atoms with van der Waals surface area (Å²) in [7, 11) is 0. The van der Waals surface area contributed by atoms with Crippen molar-refractivity contribution in [2.24, 2.45) is 0 Å². The molecule has 0 saturated heterocycles. The first-order chi connectivity index (χ1) is 10.8. The summed E-state index contributed by atoms with van der Waals surface area (Å²) in [6.45, 7) is 2.14. The highest BCUT2D eigenvalue weighted by Crippen LogP contribution is 2.20. The van der Waals surface area contributed by atoms with Crippen LogP contribution in [0.1, 0.15) is 18.9 Å². The van der Waals surface area contributed by atoms with Gasteiger partial charge in [-0.15, -0.1) is 0 Å². The van der Waals surface area contributed by atoms with Crippen LogP contribution >= 0.6 is 15.9 Å². The van der Waals surface area contributed by atoms with Crippen LogP contribution in [-0.4, -0.2) is 19.9 Å². The number of halogens is 1. The van der Waals surface area contributed by atoms with Gasteiger partial charge in [0.1, 0.15) is 0 Å². The van der Waals surface area contributed by atoms with Gasteiger partial charge in [-0.25, -0.2) is 19.9 Å². The van der Waals surface area contributed by atoms with E-state index in [4.69, 9.17) is 0 Å². The maximum atomic E-state index is 4.41. The number of aromatic nitrogens is 4. The van der Waals surface area contributed by atoms with Crippen LogP contribution in [0.15, 0.2) is 53.5 Å². The van der Waals surface area contributed by atoms with Gasteiger partial charge in [0.25, 0.3) is 0 Å². The Morgan fingerprint density at radius 1 is 0.773 bits per heavy atom. The van der Waals surface area contributed by atoms with Crippen LogP contribution in [0.5, 0.6) is 0 Å². The highest BCUT2D eigenvalue weighted by Gasteiger charge is 2.05. The maximum Gasteiger partial charge on any atom is 0.162 e. The molecule has 0 aliphatic rings. The van der Waals surface area contributed by atoms with Crippen molar-refractivity contribution >= 4 is 15.9 Å². The van der Waals surface area contributed by atoms with Crippen LogP contribution in [0, 0.1) is 0 Å². The van der Waals surface area contributed by atoms with E-state index in [9.17, 15) is 0 Å². The molecule has 0 atom stereocenters. The second-order valence-corrected chi connectivity index (χ2v) is 5.88. The van der Waals surface area contributed by atoms with Gasteiger partial charge in [-0.05, 0) is 24.1 Å². The van der Waals surface area contributed by atoms with Gasteiger partial charge in [0.2, 0.25) is 0 Å². The Kier molecular flexibility index (Phi) is 4.53. The molecule has 1 aromatic carbocycles. The lowest BCUT2D eigenvalue weighted by Gasteiger charge is -2.03. The second kappa shape index (κ2) is 6.75. The predicted molar refractivity (Wildman–Crippen MR) is 90.2 cm³/mol. The topological polar surface area (TPSA) is 51.6 Å². The molecule has 4 nitrogen and oxygen atoms in total. The van der Waals surface area contributed by atoms with E-state index >= 15 is 0 Å². The van der Waals surface area contributed by atoms with Gasteiger partial charge >= 0.3 is 0 Å². The lowest BCUT2D eigenvalue weighted by atomic mass is 10.2. The average Bonchev–Trinajstić information content (AvgIpc) is 2.57. The summed E-state index contributed by atoms with van der Waals surface area (Å²) in [5.74, 6) is 1.35. The van der Waals surface area contributed by atoms with Crippen LogP contribution in [0.25, 0.3) is 22.8 Å². The van der Waals surface area contributed by atoms with Crippen molar-refractivity contribution in [2.45, 2.75) is 19.8 Å². The minimum Gasteiger partial charge on any atom is -0.236 e. The van der Waals surface area contributed by atoms with E-state index in [1.165, 1.54) is 0 Å². The number of aryl methyl sites for hydroxylation is 1. The fraction of sp³-hybridized carbons (Fsp3) is 0.176. The summed E-state index contributed by atoms with van der Waals surface area (Å²) in [5.41, 5.74) is 2.96. The summed E-state index contributed by atoms with van der Waals surface area (Å²) >= 11 is 3.42. The molecule has 0 radical (unpaired) electrons. The number of hydrogen-bond acceptors (Lipinski definition) is 4. The minimum atomic E-state index is 0.655. The summed E-state index contributed by atoms with van der Waals surface area (Å²) in [4.78, 5) is 17.6. The largest absolute Gasteiger partial charge is 0.236 e. The van der Waals surface area contributed by atoms with Crippen LogP contribution in [0.3, 0.4) is 0 Å². The van der Waals surface area contributed by atoms with E-state index in [2.05, 4.69) is 42.8 Å². The number of benzene rings is 1. The fourth-order valence-corrected chi connectivity index (χ4v) is 2.38. The molecule has 0 fully saturated rings. The van der Waals surface area contributed by atoms with Crippen molar-refractivity contribution in [1.82, 2.24) is 19.9 Å². The smallest absolute Gasteiger partial charge is 0.162 e. The second-order valence-electron chi connectivity index (χ2n) is 4.97. The highest BCUT2D eigenvalue weighted by atomic mass is 79.9. The third-order valence-electron chi connectivity index (χ3n) is 3.26. The van der Waals surface area contributed by atoms with Crippen LogP contribution in [0.4, 0.5) is 0 Å². The van der Waals surface area contributed by atoms with Gasteiger partial charge < -0.3 is 0 Å². The van der Waals surface area contributed by atoms with Gasteiger partial charge in [-0.2, -0.15) is 0 Å². The fourth-order valence-electron chi connectivity index (χ4n) is 2.11. The predicted octanol–water partition coefficient (Wildman–Crippen LogP) is 4.32. The highest BCUT2D eigenvalue weighted by molar-refractivity contribution is 9.10. The van der Waals surface area contributed by atoms with E-state index < -0.39 is 0 Å². The zero-order valence-electron chi connectivity index (χ0n) is 12.2. The lowest BCUT2D eigenvalue weighted by molar-refractivity contribution is 0.902. The molecule has 2 aromatic heterocycles. The quantitative estimate of drug-likeness (QED) is 0.700. The molecular weight excluding hydrogens is 340 g/mol. The van der Waals surface area contributed by atoms with Crippen molar-refractivity contribution in [2.75, 3.05) is 0 Å². The van der Waals surface area contributed by atoms with Gasteiger partial charge in [0, 0.05) is 34.8 Å². The van der Waals surface area contributed by atoms with Crippen molar-refractivity contribution < 1.29 is 0 Å². The lowest BCUT2D eigenvalue weighted by Crippen LogP contribution is -1.95. The maximum absolute atomic E-state index is 4.41. The summed E-state index contributed by atoms with van der Waals surface area (Å²) < 4.78 is 1.04. The van der Waals surface area contributed by atoms with E-state index in [1.807, 2.05) is 36.7 Å². The molecule has 0 N–H and O–H groups in total. The summed E-state index contributed by atoms with van der Waals surface area (Å²) in [6, 6.07) is 7.91. The minimum absolute atomic E-state index is 0.655. The number of rotatable bonds is 4. The van der Waals surface area contributed by atoms with E-state index in [-0.39, 0.29) is 0 Å². The third kappa shape index (κ3) is 3.36.